The molecule has 2 amide bonds. The third-order valence-electron chi connectivity index (χ3n) is 4.11. The molecule has 108 valence electrons. The quantitative estimate of drug-likeness (QED) is 0.681. The van der Waals surface area contributed by atoms with Gasteiger partial charge in [-0.05, 0) is 38.1 Å². The summed E-state index contributed by atoms with van der Waals surface area (Å²) < 4.78 is 0. The summed E-state index contributed by atoms with van der Waals surface area (Å²) in [5, 5.41) is 8.74. The Morgan fingerprint density at radius 1 is 1.00 bits per heavy atom. The van der Waals surface area contributed by atoms with E-state index >= 15 is 0 Å². The van der Waals surface area contributed by atoms with E-state index in [0.29, 0.717) is 5.92 Å². The molecule has 0 aromatic heterocycles. The fraction of sp³-hybridized carbons (Fsp3) is 0.857. The standard InChI is InChI=1S/C14H25N3O2/c18-13(16-9-11-5-2-1-3-6-11)10-17-14(19)12-7-4-8-15-12/h11-12,15H,1-10H2,(H,16,18)(H,17,19). The van der Waals surface area contributed by atoms with E-state index in [4.69, 9.17) is 0 Å². The molecule has 1 saturated heterocycles. The zero-order valence-corrected chi connectivity index (χ0v) is 11.5. The third kappa shape index (κ3) is 4.82. The fourth-order valence-corrected chi connectivity index (χ4v) is 2.91. The predicted octanol–water partition coefficient (Wildman–Crippen LogP) is 0.551. The van der Waals surface area contributed by atoms with Crippen LogP contribution in [0.4, 0.5) is 0 Å². The molecule has 0 radical (unpaired) electrons. The summed E-state index contributed by atoms with van der Waals surface area (Å²) in [6, 6.07) is -0.105. The number of nitrogens with one attached hydrogen (secondary N) is 3. The highest BCUT2D eigenvalue weighted by Gasteiger charge is 2.22. The lowest BCUT2D eigenvalue weighted by Crippen LogP contribution is -2.45. The van der Waals surface area contributed by atoms with Gasteiger partial charge in [0.1, 0.15) is 0 Å². The smallest absolute Gasteiger partial charge is 0.239 e. The maximum absolute atomic E-state index is 11.7. The molecular formula is C14H25N3O2. The first-order chi connectivity index (χ1) is 9.25. The molecule has 5 heteroatoms. The molecule has 19 heavy (non-hydrogen) atoms. The molecule has 5 nitrogen and oxygen atoms in total. The number of carbonyl (C=O) groups excluding carboxylic acids is 2. The molecule has 3 N–H and O–H groups in total. The average molecular weight is 267 g/mol. The van der Waals surface area contributed by atoms with Crippen molar-refractivity contribution in [1.29, 1.82) is 0 Å². The van der Waals surface area contributed by atoms with E-state index < -0.39 is 0 Å². The second-order valence-corrected chi connectivity index (χ2v) is 5.67. The molecule has 0 bridgehead atoms. The number of amides is 2. The van der Waals surface area contributed by atoms with E-state index in [1.165, 1.54) is 32.1 Å². The number of hydrogen-bond donors (Lipinski definition) is 3. The lowest BCUT2D eigenvalue weighted by atomic mass is 9.89. The Labute approximate surface area is 114 Å². The lowest BCUT2D eigenvalue weighted by molar-refractivity contribution is -0.127. The van der Waals surface area contributed by atoms with Gasteiger partial charge in [-0.1, -0.05) is 19.3 Å². The van der Waals surface area contributed by atoms with Crippen molar-refractivity contribution in [3.63, 3.8) is 0 Å². The lowest BCUT2D eigenvalue weighted by Gasteiger charge is -2.21. The summed E-state index contributed by atoms with van der Waals surface area (Å²) >= 11 is 0. The topological polar surface area (TPSA) is 70.2 Å². The van der Waals surface area contributed by atoms with Crippen molar-refractivity contribution >= 4 is 11.8 Å². The molecule has 1 unspecified atom stereocenters. The van der Waals surface area contributed by atoms with Crippen LogP contribution < -0.4 is 16.0 Å². The van der Waals surface area contributed by atoms with Gasteiger partial charge in [-0.3, -0.25) is 9.59 Å². The van der Waals surface area contributed by atoms with Crippen LogP contribution in [0.25, 0.3) is 0 Å². The zero-order valence-electron chi connectivity index (χ0n) is 11.5. The highest BCUT2D eigenvalue weighted by molar-refractivity contribution is 5.87. The summed E-state index contributed by atoms with van der Waals surface area (Å²) in [5.74, 6) is 0.507. The monoisotopic (exact) mass is 267 g/mol. The minimum atomic E-state index is -0.105. The van der Waals surface area contributed by atoms with Crippen LogP contribution in [0.2, 0.25) is 0 Å². The maximum Gasteiger partial charge on any atom is 0.239 e. The number of hydrogen-bond acceptors (Lipinski definition) is 3. The van der Waals surface area contributed by atoms with Gasteiger partial charge in [0.2, 0.25) is 11.8 Å². The third-order valence-corrected chi connectivity index (χ3v) is 4.11. The SMILES string of the molecule is O=C(CNC(=O)C1CCCN1)NCC1CCCCC1. The zero-order chi connectivity index (χ0) is 13.5. The van der Waals surface area contributed by atoms with E-state index in [1.807, 2.05) is 0 Å². The molecule has 1 saturated carbocycles. The van der Waals surface area contributed by atoms with Crippen LogP contribution in [0.3, 0.4) is 0 Å². The van der Waals surface area contributed by atoms with Crippen molar-refractivity contribution in [2.75, 3.05) is 19.6 Å². The summed E-state index contributed by atoms with van der Waals surface area (Å²) in [5.41, 5.74) is 0. The minimum Gasteiger partial charge on any atom is -0.354 e. The van der Waals surface area contributed by atoms with Gasteiger partial charge in [0.15, 0.2) is 0 Å². The van der Waals surface area contributed by atoms with E-state index in [-0.39, 0.29) is 24.4 Å². The van der Waals surface area contributed by atoms with Crippen molar-refractivity contribution in [1.82, 2.24) is 16.0 Å². The van der Waals surface area contributed by atoms with Crippen LogP contribution in [0.5, 0.6) is 0 Å². The van der Waals surface area contributed by atoms with E-state index in [2.05, 4.69) is 16.0 Å². The summed E-state index contributed by atoms with van der Waals surface area (Å²) in [7, 11) is 0. The van der Waals surface area contributed by atoms with E-state index in [9.17, 15) is 9.59 Å². The van der Waals surface area contributed by atoms with Crippen LogP contribution in [0.1, 0.15) is 44.9 Å². The molecule has 2 fully saturated rings. The van der Waals surface area contributed by atoms with Crippen molar-refractivity contribution in [2.45, 2.75) is 51.0 Å². The van der Waals surface area contributed by atoms with Gasteiger partial charge in [-0.15, -0.1) is 0 Å². The van der Waals surface area contributed by atoms with Crippen molar-refractivity contribution in [3.05, 3.63) is 0 Å². The Morgan fingerprint density at radius 2 is 1.79 bits per heavy atom. The van der Waals surface area contributed by atoms with Gasteiger partial charge in [0, 0.05) is 6.54 Å². The number of rotatable bonds is 5. The average Bonchev–Trinajstić information content (AvgIpc) is 2.98. The van der Waals surface area contributed by atoms with Gasteiger partial charge >= 0.3 is 0 Å². The predicted molar refractivity (Wildman–Crippen MR) is 73.6 cm³/mol. The molecule has 2 rings (SSSR count). The molecule has 0 aromatic rings. The van der Waals surface area contributed by atoms with Crippen LogP contribution >= 0.6 is 0 Å². The van der Waals surface area contributed by atoms with Gasteiger partial charge < -0.3 is 16.0 Å². The van der Waals surface area contributed by atoms with Gasteiger partial charge in [0.05, 0.1) is 12.6 Å². The van der Waals surface area contributed by atoms with Crippen LogP contribution in [0, 0.1) is 5.92 Å². The Morgan fingerprint density at radius 3 is 2.47 bits per heavy atom. The normalized spacial score (nSPS) is 24.1. The Hall–Kier alpha value is -1.10. The van der Waals surface area contributed by atoms with E-state index in [1.54, 1.807) is 0 Å². The van der Waals surface area contributed by atoms with Crippen molar-refractivity contribution in [2.24, 2.45) is 5.92 Å². The summed E-state index contributed by atoms with van der Waals surface area (Å²) in [6.07, 6.45) is 8.24. The first kappa shape index (κ1) is 14.3. The molecule has 1 aliphatic heterocycles. The molecular weight excluding hydrogens is 242 g/mol. The van der Waals surface area contributed by atoms with Crippen LogP contribution in [0.15, 0.2) is 0 Å². The van der Waals surface area contributed by atoms with Crippen molar-refractivity contribution in [3.8, 4) is 0 Å². The minimum absolute atomic E-state index is 0.0506. The largest absolute Gasteiger partial charge is 0.354 e. The van der Waals surface area contributed by atoms with Crippen LogP contribution in [-0.4, -0.2) is 37.5 Å². The molecule has 1 heterocycles. The summed E-state index contributed by atoms with van der Waals surface area (Å²) in [6.45, 7) is 1.76. The van der Waals surface area contributed by atoms with Crippen LogP contribution in [-0.2, 0) is 9.59 Å². The molecule has 0 spiro atoms. The summed E-state index contributed by atoms with van der Waals surface area (Å²) in [4.78, 5) is 23.4. The first-order valence-corrected chi connectivity index (χ1v) is 7.53. The Kier molecular flexibility index (Phi) is 5.63. The second-order valence-electron chi connectivity index (χ2n) is 5.67. The van der Waals surface area contributed by atoms with Gasteiger partial charge in [-0.25, -0.2) is 0 Å². The Bertz CT molecular complexity index is 308. The molecule has 1 atom stereocenters. The van der Waals surface area contributed by atoms with Crippen molar-refractivity contribution < 1.29 is 9.59 Å². The number of carbonyl (C=O) groups is 2. The molecule has 1 aliphatic carbocycles. The Balaban J connectivity index is 1.57. The second kappa shape index (κ2) is 7.48. The highest BCUT2D eigenvalue weighted by atomic mass is 16.2. The first-order valence-electron chi connectivity index (χ1n) is 7.53. The molecule has 2 aliphatic rings. The van der Waals surface area contributed by atoms with Gasteiger partial charge in [-0.2, -0.15) is 0 Å². The maximum atomic E-state index is 11.7. The molecule has 0 aromatic carbocycles. The van der Waals surface area contributed by atoms with E-state index in [0.717, 1.165) is 25.9 Å². The highest BCUT2D eigenvalue weighted by Crippen LogP contribution is 2.22. The fourth-order valence-electron chi connectivity index (χ4n) is 2.91. The van der Waals surface area contributed by atoms with Gasteiger partial charge in [0.25, 0.3) is 0 Å².